The van der Waals surface area contributed by atoms with Crippen molar-refractivity contribution in [2.45, 2.75) is 18.9 Å². The fourth-order valence-electron chi connectivity index (χ4n) is 2.14. The van der Waals surface area contributed by atoms with Gasteiger partial charge in [-0.15, -0.1) is 0 Å². The molecule has 5 nitrogen and oxygen atoms in total. The number of nitrogen functional groups attached to an aromatic ring is 1. The minimum Gasteiger partial charge on any atom is -0.492 e. The molecule has 0 aliphatic heterocycles. The molecular weight excluding hydrogens is 254 g/mol. The van der Waals surface area contributed by atoms with Crippen LogP contribution in [0.25, 0.3) is 0 Å². The highest BCUT2D eigenvalue weighted by Gasteiger charge is 2.28. The van der Waals surface area contributed by atoms with Crippen LogP contribution in [0, 0.1) is 5.41 Å². The van der Waals surface area contributed by atoms with Gasteiger partial charge in [-0.1, -0.05) is 0 Å². The lowest BCUT2D eigenvalue weighted by atomic mass is 10.2. The summed E-state index contributed by atoms with van der Waals surface area (Å²) in [5, 5.41) is 7.34. The molecule has 1 aromatic rings. The van der Waals surface area contributed by atoms with Crippen molar-refractivity contribution in [2.75, 3.05) is 33.4 Å². The Morgan fingerprint density at radius 3 is 2.45 bits per heavy atom. The lowest BCUT2D eigenvalue weighted by Gasteiger charge is -2.21. The van der Waals surface area contributed by atoms with Crippen LogP contribution in [0.5, 0.6) is 5.75 Å². The van der Waals surface area contributed by atoms with Gasteiger partial charge in [0.05, 0.1) is 6.61 Å². The lowest BCUT2D eigenvalue weighted by Crippen LogP contribution is -2.33. The van der Waals surface area contributed by atoms with Crippen molar-refractivity contribution < 1.29 is 9.47 Å². The largest absolute Gasteiger partial charge is 0.492 e. The minimum atomic E-state index is 0.0797. The quantitative estimate of drug-likeness (QED) is 0.529. The highest BCUT2D eigenvalue weighted by atomic mass is 16.5. The van der Waals surface area contributed by atoms with E-state index < -0.39 is 0 Å². The van der Waals surface area contributed by atoms with E-state index in [1.807, 2.05) is 12.1 Å². The Labute approximate surface area is 120 Å². The normalized spacial score (nSPS) is 14.5. The number of nitrogens with one attached hydrogen (secondary N) is 1. The predicted molar refractivity (Wildman–Crippen MR) is 79.4 cm³/mol. The van der Waals surface area contributed by atoms with Crippen LogP contribution in [0.1, 0.15) is 18.4 Å². The van der Waals surface area contributed by atoms with Crippen molar-refractivity contribution in [1.82, 2.24) is 4.90 Å². The average Bonchev–Trinajstić information content (AvgIpc) is 3.27. The second-order valence-corrected chi connectivity index (χ2v) is 5.05. The molecule has 0 aromatic heterocycles. The van der Waals surface area contributed by atoms with E-state index in [4.69, 9.17) is 20.6 Å². The van der Waals surface area contributed by atoms with E-state index in [0.29, 0.717) is 12.6 Å². The Morgan fingerprint density at radius 1 is 1.25 bits per heavy atom. The molecule has 0 saturated heterocycles. The molecule has 1 saturated carbocycles. The van der Waals surface area contributed by atoms with Crippen LogP contribution >= 0.6 is 0 Å². The Bertz CT molecular complexity index is 429. The third kappa shape index (κ3) is 4.51. The zero-order chi connectivity index (χ0) is 14.4. The fourth-order valence-corrected chi connectivity index (χ4v) is 2.14. The molecule has 0 amide bonds. The van der Waals surface area contributed by atoms with Crippen molar-refractivity contribution in [2.24, 2.45) is 5.73 Å². The van der Waals surface area contributed by atoms with Gasteiger partial charge < -0.3 is 15.2 Å². The Hall–Kier alpha value is -1.59. The van der Waals surface area contributed by atoms with Crippen LogP contribution < -0.4 is 10.5 Å². The number of hydrogen-bond acceptors (Lipinski definition) is 4. The molecule has 1 aliphatic rings. The van der Waals surface area contributed by atoms with Crippen LogP contribution in [0.4, 0.5) is 0 Å². The van der Waals surface area contributed by atoms with E-state index in [2.05, 4.69) is 4.90 Å². The molecule has 5 heteroatoms. The van der Waals surface area contributed by atoms with Gasteiger partial charge in [0, 0.05) is 31.8 Å². The van der Waals surface area contributed by atoms with Crippen molar-refractivity contribution in [3.05, 3.63) is 29.8 Å². The Morgan fingerprint density at radius 2 is 1.90 bits per heavy atom. The number of nitrogens with zero attached hydrogens (tertiary/aromatic N) is 1. The number of benzene rings is 1. The van der Waals surface area contributed by atoms with E-state index in [1.165, 1.54) is 12.8 Å². The minimum absolute atomic E-state index is 0.0797. The Balaban J connectivity index is 1.74. The first kappa shape index (κ1) is 14.8. The van der Waals surface area contributed by atoms with E-state index in [9.17, 15) is 0 Å². The maximum Gasteiger partial charge on any atom is 0.122 e. The first-order valence-corrected chi connectivity index (χ1v) is 7.01. The summed E-state index contributed by atoms with van der Waals surface area (Å²) in [7, 11) is 1.73. The summed E-state index contributed by atoms with van der Waals surface area (Å²) in [6, 6.07) is 8.04. The molecule has 1 aliphatic carbocycles. The Kier molecular flexibility index (Phi) is 5.38. The molecule has 0 radical (unpaired) electrons. The van der Waals surface area contributed by atoms with Gasteiger partial charge in [-0.3, -0.25) is 10.3 Å². The molecule has 0 heterocycles. The maximum atomic E-state index is 7.34. The standard InChI is InChI=1S/C15H23N3O2/c1-19-10-8-18(13-4-5-13)9-11-20-14-6-2-12(3-7-14)15(16)17/h2-3,6-7,13H,4-5,8-11H2,1H3,(H3,16,17). The summed E-state index contributed by atoms with van der Waals surface area (Å²) in [6.07, 6.45) is 2.58. The maximum absolute atomic E-state index is 7.34. The number of ether oxygens (including phenoxy) is 2. The number of hydrogen-bond donors (Lipinski definition) is 2. The van der Waals surface area contributed by atoms with Gasteiger partial charge in [-0.05, 0) is 37.1 Å². The number of amidine groups is 1. The molecule has 0 unspecified atom stereocenters. The number of rotatable bonds is 9. The van der Waals surface area contributed by atoms with Crippen molar-refractivity contribution >= 4 is 5.84 Å². The molecule has 110 valence electrons. The van der Waals surface area contributed by atoms with Gasteiger partial charge >= 0.3 is 0 Å². The number of methoxy groups -OCH3 is 1. The van der Waals surface area contributed by atoms with Crippen molar-refractivity contribution in [3.63, 3.8) is 0 Å². The third-order valence-corrected chi connectivity index (χ3v) is 3.46. The van der Waals surface area contributed by atoms with Gasteiger partial charge in [-0.25, -0.2) is 0 Å². The molecule has 3 N–H and O–H groups in total. The second kappa shape index (κ2) is 7.26. The van der Waals surface area contributed by atoms with Gasteiger partial charge in [0.1, 0.15) is 18.2 Å². The van der Waals surface area contributed by atoms with Gasteiger partial charge in [0.25, 0.3) is 0 Å². The molecule has 1 aromatic carbocycles. The molecule has 0 atom stereocenters. The SMILES string of the molecule is COCCN(CCOc1ccc(C(=N)N)cc1)C1CC1. The van der Waals surface area contributed by atoms with Crippen LogP contribution in [-0.2, 0) is 4.74 Å². The molecule has 0 bridgehead atoms. The van der Waals surface area contributed by atoms with Crippen LogP contribution in [-0.4, -0.2) is 50.2 Å². The zero-order valence-corrected chi connectivity index (χ0v) is 12.0. The topological polar surface area (TPSA) is 71.6 Å². The molecule has 0 spiro atoms. The van der Waals surface area contributed by atoms with Gasteiger partial charge in [0.2, 0.25) is 0 Å². The average molecular weight is 277 g/mol. The summed E-state index contributed by atoms with van der Waals surface area (Å²) >= 11 is 0. The van der Waals surface area contributed by atoms with Crippen LogP contribution in [0.3, 0.4) is 0 Å². The molecule has 20 heavy (non-hydrogen) atoms. The summed E-state index contributed by atoms with van der Waals surface area (Å²) in [6.45, 7) is 3.32. The monoisotopic (exact) mass is 277 g/mol. The van der Waals surface area contributed by atoms with Crippen molar-refractivity contribution in [3.8, 4) is 5.75 Å². The summed E-state index contributed by atoms with van der Waals surface area (Å²) in [5.74, 6) is 0.897. The molecule has 1 fully saturated rings. The third-order valence-electron chi connectivity index (χ3n) is 3.46. The van der Waals surface area contributed by atoms with E-state index in [0.717, 1.165) is 31.0 Å². The van der Waals surface area contributed by atoms with Gasteiger partial charge in [0.15, 0.2) is 0 Å². The van der Waals surface area contributed by atoms with Gasteiger partial charge in [-0.2, -0.15) is 0 Å². The zero-order valence-electron chi connectivity index (χ0n) is 12.0. The fraction of sp³-hybridized carbons (Fsp3) is 0.533. The van der Waals surface area contributed by atoms with Crippen molar-refractivity contribution in [1.29, 1.82) is 5.41 Å². The van der Waals surface area contributed by atoms with E-state index in [-0.39, 0.29) is 5.84 Å². The molecule has 2 rings (SSSR count). The second-order valence-electron chi connectivity index (χ2n) is 5.05. The van der Waals surface area contributed by atoms with E-state index in [1.54, 1.807) is 19.2 Å². The van der Waals surface area contributed by atoms with Crippen LogP contribution in [0.2, 0.25) is 0 Å². The van der Waals surface area contributed by atoms with E-state index >= 15 is 0 Å². The molecular formula is C15H23N3O2. The highest BCUT2D eigenvalue weighted by molar-refractivity contribution is 5.94. The lowest BCUT2D eigenvalue weighted by molar-refractivity contribution is 0.130. The van der Waals surface area contributed by atoms with Crippen LogP contribution in [0.15, 0.2) is 24.3 Å². The first-order chi connectivity index (χ1) is 9.70. The smallest absolute Gasteiger partial charge is 0.122 e. The summed E-state index contributed by atoms with van der Waals surface area (Å²) in [4.78, 5) is 2.42. The summed E-state index contributed by atoms with van der Waals surface area (Å²) < 4.78 is 10.9. The predicted octanol–water partition coefficient (Wildman–Crippen LogP) is 1.46. The highest BCUT2D eigenvalue weighted by Crippen LogP contribution is 2.26. The number of nitrogens with two attached hydrogens (primary N) is 1. The summed E-state index contributed by atoms with van der Waals surface area (Å²) in [5.41, 5.74) is 6.13. The first-order valence-electron chi connectivity index (χ1n) is 7.01.